The van der Waals surface area contributed by atoms with Gasteiger partial charge in [-0.3, -0.25) is 4.98 Å². The third kappa shape index (κ3) is 2.19. The third-order valence-corrected chi connectivity index (χ3v) is 2.01. The molecule has 0 aromatic carbocycles. The molecule has 0 aliphatic carbocycles. The molecule has 2 rings (SSSR count). The van der Waals surface area contributed by atoms with Crippen molar-refractivity contribution >= 4 is 23.7 Å². The average Bonchev–Trinajstić information content (AvgIpc) is 2.69. The highest BCUT2D eigenvalue weighted by Gasteiger charge is 1.89. The Kier molecular flexibility index (Phi) is 2.43. The van der Waals surface area contributed by atoms with E-state index < -0.39 is 0 Å². The van der Waals surface area contributed by atoms with Gasteiger partial charge in [-0.15, -0.1) is 5.10 Å². The van der Waals surface area contributed by atoms with E-state index in [9.17, 15) is 0 Å². The first-order valence-corrected chi connectivity index (χ1v) is 4.65. The Morgan fingerprint density at radius 1 is 1.15 bits per heavy atom. The predicted octanol–water partition coefficient (Wildman–Crippen LogP) is 2.10. The summed E-state index contributed by atoms with van der Waals surface area (Å²) >= 11 is 1.34. The van der Waals surface area contributed by atoms with Gasteiger partial charge in [0.2, 0.25) is 0 Å². The molecular weight excluding hydrogens is 182 g/mol. The fourth-order valence-corrected chi connectivity index (χ4v) is 1.31. The van der Waals surface area contributed by atoms with E-state index in [0.717, 1.165) is 11.4 Å². The molecule has 0 fully saturated rings. The Morgan fingerprint density at radius 2 is 2.08 bits per heavy atom. The van der Waals surface area contributed by atoms with Crippen molar-refractivity contribution in [1.82, 2.24) is 14.6 Å². The van der Waals surface area contributed by atoms with Gasteiger partial charge >= 0.3 is 0 Å². The van der Waals surface area contributed by atoms with Gasteiger partial charge in [-0.1, -0.05) is 10.6 Å². The van der Waals surface area contributed by atoms with E-state index in [4.69, 9.17) is 0 Å². The topological polar surface area (TPSA) is 38.7 Å². The fourth-order valence-electron chi connectivity index (χ4n) is 0.890. The van der Waals surface area contributed by atoms with Gasteiger partial charge in [0.15, 0.2) is 0 Å². The highest BCUT2D eigenvalue weighted by atomic mass is 32.1. The molecule has 64 valence electrons. The summed E-state index contributed by atoms with van der Waals surface area (Å²) in [7, 11) is 0. The van der Waals surface area contributed by atoms with Gasteiger partial charge in [0.05, 0.1) is 11.4 Å². The van der Waals surface area contributed by atoms with Crippen LogP contribution in [0.2, 0.25) is 0 Å². The molecule has 4 heteroatoms. The van der Waals surface area contributed by atoms with Crippen LogP contribution >= 0.6 is 11.5 Å². The Labute approximate surface area is 79.9 Å². The quantitative estimate of drug-likeness (QED) is 0.726. The maximum Gasteiger partial charge on any atom is 0.0982 e. The number of rotatable bonds is 2. The molecule has 2 aromatic rings. The monoisotopic (exact) mass is 189 g/mol. The number of aromatic nitrogens is 3. The fraction of sp³-hybridized carbons (Fsp3) is 0. The first-order chi connectivity index (χ1) is 6.45. The first kappa shape index (κ1) is 8.07. The molecule has 13 heavy (non-hydrogen) atoms. The Hall–Kier alpha value is -1.55. The highest BCUT2D eigenvalue weighted by Crippen LogP contribution is 2.03. The standard InChI is InChI=1S/C9H7N3S/c1-2-6-10-8(3-1)4-5-9-7-13-12-11-9/h1-7H. The number of nitrogens with zero attached hydrogens (tertiary/aromatic N) is 3. The van der Waals surface area contributed by atoms with Crippen LogP contribution in [-0.4, -0.2) is 14.6 Å². The van der Waals surface area contributed by atoms with E-state index >= 15 is 0 Å². The average molecular weight is 189 g/mol. The second kappa shape index (κ2) is 3.91. The lowest BCUT2D eigenvalue weighted by Gasteiger charge is -1.87. The molecular formula is C9H7N3S. The van der Waals surface area contributed by atoms with Gasteiger partial charge in [0.25, 0.3) is 0 Å². The van der Waals surface area contributed by atoms with Crippen LogP contribution in [0.15, 0.2) is 29.8 Å². The van der Waals surface area contributed by atoms with Crippen molar-refractivity contribution in [2.45, 2.75) is 0 Å². The van der Waals surface area contributed by atoms with E-state index in [1.165, 1.54) is 11.5 Å². The van der Waals surface area contributed by atoms with E-state index in [2.05, 4.69) is 14.6 Å². The van der Waals surface area contributed by atoms with E-state index in [-0.39, 0.29) is 0 Å². The summed E-state index contributed by atoms with van der Waals surface area (Å²) < 4.78 is 3.75. The van der Waals surface area contributed by atoms with Gasteiger partial charge in [-0.05, 0) is 35.8 Å². The van der Waals surface area contributed by atoms with Crippen molar-refractivity contribution in [1.29, 1.82) is 0 Å². The second-order valence-corrected chi connectivity index (χ2v) is 3.03. The lowest BCUT2D eigenvalue weighted by atomic mass is 10.3. The Morgan fingerprint density at radius 3 is 2.77 bits per heavy atom. The molecule has 0 saturated carbocycles. The van der Waals surface area contributed by atoms with Gasteiger partial charge in [0.1, 0.15) is 0 Å². The molecule has 2 aromatic heterocycles. The van der Waals surface area contributed by atoms with Gasteiger partial charge in [-0.25, -0.2) is 0 Å². The number of pyridine rings is 1. The zero-order chi connectivity index (χ0) is 8.93. The molecule has 2 heterocycles. The van der Waals surface area contributed by atoms with Gasteiger partial charge in [0, 0.05) is 11.6 Å². The molecule has 0 amide bonds. The molecule has 0 atom stereocenters. The summed E-state index contributed by atoms with van der Waals surface area (Å²) in [5.41, 5.74) is 1.80. The van der Waals surface area contributed by atoms with Crippen molar-refractivity contribution in [2.24, 2.45) is 0 Å². The van der Waals surface area contributed by atoms with Crippen molar-refractivity contribution in [3.8, 4) is 0 Å². The third-order valence-electron chi connectivity index (χ3n) is 1.49. The minimum Gasteiger partial charge on any atom is -0.257 e. The summed E-state index contributed by atoms with van der Waals surface area (Å²) in [4.78, 5) is 4.15. The first-order valence-electron chi connectivity index (χ1n) is 3.81. The van der Waals surface area contributed by atoms with Gasteiger partial charge in [-0.2, -0.15) is 0 Å². The molecule has 0 spiro atoms. The van der Waals surface area contributed by atoms with Crippen LogP contribution in [0.4, 0.5) is 0 Å². The van der Waals surface area contributed by atoms with E-state index in [1.807, 2.05) is 35.7 Å². The molecule has 0 radical (unpaired) electrons. The van der Waals surface area contributed by atoms with Crippen LogP contribution in [0.1, 0.15) is 11.4 Å². The minimum atomic E-state index is 0.871. The molecule has 0 N–H and O–H groups in total. The molecule has 3 nitrogen and oxygen atoms in total. The van der Waals surface area contributed by atoms with Crippen molar-refractivity contribution < 1.29 is 0 Å². The largest absolute Gasteiger partial charge is 0.257 e. The van der Waals surface area contributed by atoms with Crippen LogP contribution in [0.25, 0.3) is 12.2 Å². The minimum absolute atomic E-state index is 0.871. The van der Waals surface area contributed by atoms with Crippen LogP contribution in [0.3, 0.4) is 0 Å². The molecule has 0 aliphatic rings. The van der Waals surface area contributed by atoms with Crippen molar-refractivity contribution in [3.05, 3.63) is 41.2 Å². The zero-order valence-electron chi connectivity index (χ0n) is 6.79. The summed E-state index contributed by atoms with van der Waals surface area (Å²) in [5, 5.41) is 5.77. The maximum atomic E-state index is 4.15. The summed E-state index contributed by atoms with van der Waals surface area (Å²) in [5.74, 6) is 0. The summed E-state index contributed by atoms with van der Waals surface area (Å²) in [6.07, 6.45) is 5.57. The maximum absolute atomic E-state index is 4.15. The normalized spacial score (nSPS) is 10.8. The second-order valence-electron chi connectivity index (χ2n) is 2.42. The SMILES string of the molecule is C(=Cc1csnn1)c1ccccn1. The van der Waals surface area contributed by atoms with Crippen molar-refractivity contribution in [2.75, 3.05) is 0 Å². The lowest BCUT2D eigenvalue weighted by Crippen LogP contribution is -1.76. The molecule has 0 aliphatic heterocycles. The van der Waals surface area contributed by atoms with E-state index in [0.29, 0.717) is 0 Å². The summed E-state index contributed by atoms with van der Waals surface area (Å²) in [6.45, 7) is 0. The van der Waals surface area contributed by atoms with Crippen LogP contribution in [0, 0.1) is 0 Å². The van der Waals surface area contributed by atoms with Crippen molar-refractivity contribution in [3.63, 3.8) is 0 Å². The Bertz CT molecular complexity index is 381. The number of hydrogen-bond donors (Lipinski definition) is 0. The van der Waals surface area contributed by atoms with E-state index in [1.54, 1.807) is 6.20 Å². The Balaban J connectivity index is 2.15. The highest BCUT2D eigenvalue weighted by molar-refractivity contribution is 7.03. The molecule has 0 unspecified atom stereocenters. The molecule has 0 bridgehead atoms. The van der Waals surface area contributed by atoms with Crippen LogP contribution < -0.4 is 0 Å². The number of hydrogen-bond acceptors (Lipinski definition) is 4. The predicted molar refractivity (Wildman–Crippen MR) is 53.1 cm³/mol. The molecule has 0 saturated heterocycles. The zero-order valence-corrected chi connectivity index (χ0v) is 7.61. The van der Waals surface area contributed by atoms with Crippen LogP contribution in [-0.2, 0) is 0 Å². The smallest absolute Gasteiger partial charge is 0.0982 e. The van der Waals surface area contributed by atoms with Crippen LogP contribution in [0.5, 0.6) is 0 Å². The van der Waals surface area contributed by atoms with Gasteiger partial charge < -0.3 is 0 Å². The lowest BCUT2D eigenvalue weighted by molar-refractivity contribution is 1.14. The summed E-state index contributed by atoms with van der Waals surface area (Å²) in [6, 6.07) is 5.78.